The van der Waals surface area contributed by atoms with Crippen molar-refractivity contribution in [1.82, 2.24) is 19.8 Å². The number of carbonyl (C=O) groups is 1. The van der Waals surface area contributed by atoms with Crippen LogP contribution in [-0.4, -0.2) is 90.8 Å². The van der Waals surface area contributed by atoms with Crippen LogP contribution in [0.1, 0.15) is 48.6 Å². The lowest BCUT2D eigenvalue weighted by Gasteiger charge is -2.41. The van der Waals surface area contributed by atoms with Crippen LogP contribution in [0.2, 0.25) is 0 Å². The third-order valence-corrected chi connectivity index (χ3v) is 8.80. The molecular formula is C32H42N6O4. The molecule has 42 heavy (non-hydrogen) atoms. The van der Waals surface area contributed by atoms with Crippen LogP contribution in [0.25, 0.3) is 0 Å². The maximum absolute atomic E-state index is 12.5. The molecule has 0 radical (unpaired) electrons. The zero-order valence-corrected chi connectivity index (χ0v) is 25.1. The van der Waals surface area contributed by atoms with Crippen molar-refractivity contribution in [2.24, 2.45) is 0 Å². The van der Waals surface area contributed by atoms with Crippen LogP contribution in [0.5, 0.6) is 11.8 Å². The van der Waals surface area contributed by atoms with Gasteiger partial charge in [-0.3, -0.25) is 4.79 Å². The number of likely N-dealkylation sites (N-methyl/N-ethyl adjacent to an activating group) is 1. The molecule has 5 rings (SSSR count). The molecule has 1 amide bonds. The Morgan fingerprint density at radius 3 is 2.81 bits per heavy atom. The Hall–Kier alpha value is -3.68. The second-order valence-corrected chi connectivity index (χ2v) is 11.4. The standard InChI is InChI=1S/C32H42N6O4/c1-5-28-29(18-27-17-23-16-26(40-4)10-9-22(23)20-41-27)34-32(42-21-25-8-7-13-36(25)3)35-31(28)37-14-15-38(30(39)6-2)24(19-37)11-12-33/h6,9-10,16,24-25,27H,2,5,7-8,11,13-15,17-21H2,1,3-4H3/t24?,25?,27-/m1/s1. The number of nitrogens with zero attached hydrogens (tertiary/aromatic N) is 6. The number of amides is 1. The molecule has 2 aromatic rings. The van der Waals surface area contributed by atoms with Gasteiger partial charge in [0.15, 0.2) is 0 Å². The van der Waals surface area contributed by atoms with Crippen molar-refractivity contribution in [3.05, 3.63) is 53.2 Å². The van der Waals surface area contributed by atoms with Crippen LogP contribution in [0.4, 0.5) is 5.82 Å². The molecule has 2 saturated heterocycles. The number of rotatable bonds is 10. The van der Waals surface area contributed by atoms with Crippen LogP contribution in [0.3, 0.4) is 0 Å². The van der Waals surface area contributed by atoms with Crippen LogP contribution < -0.4 is 14.4 Å². The first kappa shape index (κ1) is 29.8. The van der Waals surface area contributed by atoms with Gasteiger partial charge < -0.3 is 28.9 Å². The Morgan fingerprint density at radius 2 is 2.10 bits per heavy atom. The Labute approximate surface area is 248 Å². The van der Waals surface area contributed by atoms with Gasteiger partial charge in [0.2, 0.25) is 5.91 Å². The number of piperazine rings is 1. The maximum atomic E-state index is 12.5. The van der Waals surface area contributed by atoms with Crippen molar-refractivity contribution >= 4 is 11.7 Å². The highest BCUT2D eigenvalue weighted by Crippen LogP contribution is 2.31. The van der Waals surface area contributed by atoms with E-state index in [1.165, 1.54) is 17.2 Å². The van der Waals surface area contributed by atoms with Crippen molar-refractivity contribution in [2.75, 3.05) is 51.8 Å². The first-order valence-corrected chi connectivity index (χ1v) is 15.0. The lowest BCUT2D eigenvalue weighted by Crippen LogP contribution is -2.55. The molecule has 10 nitrogen and oxygen atoms in total. The Morgan fingerprint density at radius 1 is 1.24 bits per heavy atom. The van der Waals surface area contributed by atoms with Crippen molar-refractivity contribution in [3.8, 4) is 17.8 Å². The minimum atomic E-state index is -0.248. The van der Waals surface area contributed by atoms with E-state index in [0.29, 0.717) is 51.3 Å². The normalized spacial score (nSPS) is 22.4. The van der Waals surface area contributed by atoms with Gasteiger partial charge in [-0.25, -0.2) is 0 Å². The summed E-state index contributed by atoms with van der Waals surface area (Å²) < 4.78 is 18.1. The van der Waals surface area contributed by atoms with E-state index in [1.54, 1.807) is 12.0 Å². The summed E-state index contributed by atoms with van der Waals surface area (Å²) in [5.74, 6) is 1.52. The van der Waals surface area contributed by atoms with Gasteiger partial charge in [0.25, 0.3) is 0 Å². The highest BCUT2D eigenvalue weighted by atomic mass is 16.5. The number of hydrogen-bond donors (Lipinski definition) is 0. The minimum Gasteiger partial charge on any atom is -0.497 e. The van der Waals surface area contributed by atoms with Gasteiger partial charge in [0, 0.05) is 37.7 Å². The summed E-state index contributed by atoms with van der Waals surface area (Å²) in [6, 6.07) is 8.87. The number of likely N-dealkylation sites (tertiary alicyclic amines) is 1. The number of anilines is 1. The zero-order chi connectivity index (χ0) is 29.6. The molecule has 3 atom stereocenters. The average Bonchev–Trinajstić information content (AvgIpc) is 3.43. The van der Waals surface area contributed by atoms with Crippen LogP contribution in [0, 0.1) is 11.3 Å². The molecule has 0 aliphatic carbocycles. The van der Waals surface area contributed by atoms with E-state index in [-0.39, 0.29) is 24.5 Å². The summed E-state index contributed by atoms with van der Waals surface area (Å²) in [5, 5.41) is 9.51. The number of benzene rings is 1. The Balaban J connectivity index is 1.44. The van der Waals surface area contributed by atoms with Gasteiger partial charge in [0.1, 0.15) is 18.2 Å². The van der Waals surface area contributed by atoms with E-state index in [0.717, 1.165) is 55.1 Å². The number of methoxy groups -OCH3 is 1. The molecule has 10 heteroatoms. The quantitative estimate of drug-likeness (QED) is 0.395. The molecule has 224 valence electrons. The van der Waals surface area contributed by atoms with Crippen LogP contribution >= 0.6 is 0 Å². The fourth-order valence-electron chi connectivity index (χ4n) is 6.37. The summed E-state index contributed by atoms with van der Waals surface area (Å²) in [4.78, 5) is 28.7. The average molecular weight is 575 g/mol. The molecular weight excluding hydrogens is 532 g/mol. The number of fused-ring (bicyclic) bond motifs is 1. The van der Waals surface area contributed by atoms with Gasteiger partial charge in [-0.1, -0.05) is 19.6 Å². The van der Waals surface area contributed by atoms with E-state index < -0.39 is 0 Å². The number of nitriles is 1. The summed E-state index contributed by atoms with van der Waals surface area (Å²) >= 11 is 0. The van der Waals surface area contributed by atoms with Crippen molar-refractivity contribution < 1.29 is 19.0 Å². The third-order valence-electron chi connectivity index (χ3n) is 8.80. The molecule has 3 aliphatic rings. The van der Waals surface area contributed by atoms with E-state index >= 15 is 0 Å². The van der Waals surface area contributed by atoms with Crippen molar-refractivity contribution in [3.63, 3.8) is 0 Å². The van der Waals surface area contributed by atoms with Gasteiger partial charge in [-0.15, -0.1) is 0 Å². The predicted octanol–water partition coefficient (Wildman–Crippen LogP) is 3.32. The van der Waals surface area contributed by atoms with E-state index in [9.17, 15) is 10.1 Å². The van der Waals surface area contributed by atoms with Crippen LogP contribution in [-0.2, 0) is 35.4 Å². The van der Waals surface area contributed by atoms with Crippen LogP contribution in [0.15, 0.2) is 30.9 Å². The Bertz CT molecular complexity index is 1330. The lowest BCUT2D eigenvalue weighted by atomic mass is 9.95. The second-order valence-electron chi connectivity index (χ2n) is 11.4. The number of aromatic nitrogens is 2. The SMILES string of the molecule is C=CC(=O)N1CCN(c2nc(OCC3CCCN3C)nc(C[C@H]3Cc4cc(OC)ccc4CO3)c2CC)CC1CC#N. The smallest absolute Gasteiger partial charge is 0.318 e. The number of ether oxygens (including phenoxy) is 3. The monoisotopic (exact) mass is 574 g/mol. The molecule has 0 saturated carbocycles. The van der Waals surface area contributed by atoms with Gasteiger partial charge in [-0.2, -0.15) is 15.2 Å². The number of hydrogen-bond acceptors (Lipinski definition) is 9. The fraction of sp³-hybridized carbons (Fsp3) is 0.562. The molecule has 1 aromatic carbocycles. The second kappa shape index (κ2) is 13.5. The molecule has 2 fully saturated rings. The molecule has 3 aliphatic heterocycles. The molecule has 0 N–H and O–H groups in total. The molecule has 2 unspecified atom stereocenters. The summed E-state index contributed by atoms with van der Waals surface area (Å²) in [5.41, 5.74) is 4.40. The molecule has 1 aromatic heterocycles. The highest BCUT2D eigenvalue weighted by Gasteiger charge is 2.33. The third kappa shape index (κ3) is 6.53. The first-order chi connectivity index (χ1) is 20.4. The zero-order valence-electron chi connectivity index (χ0n) is 25.1. The molecule has 0 bridgehead atoms. The first-order valence-electron chi connectivity index (χ1n) is 15.0. The van der Waals surface area contributed by atoms with Crippen molar-refractivity contribution in [2.45, 2.75) is 70.2 Å². The molecule has 4 heterocycles. The van der Waals surface area contributed by atoms with Gasteiger partial charge >= 0.3 is 6.01 Å². The minimum absolute atomic E-state index is 0.0418. The largest absolute Gasteiger partial charge is 0.497 e. The highest BCUT2D eigenvalue weighted by molar-refractivity contribution is 5.87. The van der Waals surface area contributed by atoms with E-state index in [4.69, 9.17) is 24.2 Å². The van der Waals surface area contributed by atoms with Gasteiger partial charge in [-0.05, 0) is 68.6 Å². The van der Waals surface area contributed by atoms with E-state index in [1.807, 2.05) is 6.07 Å². The fourth-order valence-corrected chi connectivity index (χ4v) is 6.37. The predicted molar refractivity (Wildman–Crippen MR) is 160 cm³/mol. The Kier molecular flexibility index (Phi) is 9.60. The number of carbonyl (C=O) groups excluding carboxylic acids is 1. The summed E-state index contributed by atoms with van der Waals surface area (Å²) in [7, 11) is 3.82. The lowest BCUT2D eigenvalue weighted by molar-refractivity contribution is -0.128. The summed E-state index contributed by atoms with van der Waals surface area (Å²) in [6.45, 7) is 9.52. The van der Waals surface area contributed by atoms with Gasteiger partial charge in [0.05, 0.1) is 44.0 Å². The topological polar surface area (TPSA) is 104 Å². The molecule has 0 spiro atoms. The van der Waals surface area contributed by atoms with Crippen molar-refractivity contribution in [1.29, 1.82) is 5.26 Å². The summed E-state index contributed by atoms with van der Waals surface area (Å²) in [6.07, 6.45) is 5.92. The van der Waals surface area contributed by atoms with E-state index in [2.05, 4.69) is 48.6 Å². The maximum Gasteiger partial charge on any atom is 0.318 e.